The number of aromatic nitrogens is 2. The summed E-state index contributed by atoms with van der Waals surface area (Å²) >= 11 is 1.94. The molecule has 0 atom stereocenters. The molecule has 1 rings (SSSR count). The number of aryl methyl sites for hydroxylation is 2. The van der Waals surface area contributed by atoms with Crippen molar-refractivity contribution < 1.29 is 0 Å². The normalized spacial score (nSPS) is 9.57. The predicted octanol–water partition coefficient (Wildman–Crippen LogP) is 3.32. The molecule has 0 aromatic carbocycles. The molecule has 1 heterocycles. The minimum absolute atomic E-state index is 1.08. The highest BCUT2D eigenvalue weighted by Gasteiger charge is 2.07. The molecule has 0 aliphatic carbocycles. The van der Waals surface area contributed by atoms with E-state index in [2.05, 4.69) is 25.9 Å². The molecular formula is C11H22N2S. The average molecular weight is 214 g/mol. The van der Waals surface area contributed by atoms with Gasteiger partial charge in [0.2, 0.25) is 0 Å². The molecule has 0 fully saturated rings. The molecule has 0 aliphatic heterocycles. The molecule has 0 N–H and O–H groups in total. The van der Waals surface area contributed by atoms with Crippen LogP contribution in [0.1, 0.15) is 37.7 Å². The fourth-order valence-corrected chi connectivity index (χ4v) is 2.01. The Balaban J connectivity index is 0.000000791. The Labute approximate surface area is 92.1 Å². The van der Waals surface area contributed by atoms with Crippen LogP contribution in [0.5, 0.6) is 0 Å². The quantitative estimate of drug-likeness (QED) is 0.768. The van der Waals surface area contributed by atoms with Crippen LogP contribution >= 0.6 is 11.8 Å². The molecule has 2 nitrogen and oxygen atoms in total. The van der Waals surface area contributed by atoms with Crippen molar-refractivity contribution in [1.82, 2.24) is 9.78 Å². The van der Waals surface area contributed by atoms with E-state index in [1.54, 1.807) is 0 Å². The summed E-state index contributed by atoms with van der Waals surface area (Å²) in [4.78, 5) is 0. The van der Waals surface area contributed by atoms with Gasteiger partial charge >= 0.3 is 0 Å². The zero-order valence-electron chi connectivity index (χ0n) is 10.2. The lowest BCUT2D eigenvalue weighted by molar-refractivity contribution is 0.727. The van der Waals surface area contributed by atoms with E-state index in [1.807, 2.05) is 37.3 Å². The molecule has 3 heteroatoms. The van der Waals surface area contributed by atoms with Gasteiger partial charge in [0.25, 0.3) is 0 Å². The molecule has 1 aromatic rings. The van der Waals surface area contributed by atoms with E-state index >= 15 is 0 Å². The van der Waals surface area contributed by atoms with Gasteiger partial charge in [0, 0.05) is 12.8 Å². The first-order valence-corrected chi connectivity index (χ1v) is 6.39. The maximum absolute atomic E-state index is 4.37. The van der Waals surface area contributed by atoms with Gasteiger partial charge in [0.05, 0.1) is 11.4 Å². The van der Waals surface area contributed by atoms with E-state index in [9.17, 15) is 0 Å². The fraction of sp³-hybridized carbons (Fsp3) is 0.727. The predicted molar refractivity (Wildman–Crippen MR) is 65.9 cm³/mol. The van der Waals surface area contributed by atoms with Crippen LogP contribution in [0.2, 0.25) is 0 Å². The summed E-state index contributed by atoms with van der Waals surface area (Å²) in [6.07, 6.45) is 0. The smallest absolute Gasteiger partial charge is 0.0625 e. The molecule has 0 aliphatic rings. The second kappa shape index (κ2) is 6.93. The van der Waals surface area contributed by atoms with Crippen LogP contribution in [-0.2, 0) is 12.8 Å². The zero-order valence-corrected chi connectivity index (χ0v) is 11.0. The van der Waals surface area contributed by atoms with Crippen molar-refractivity contribution in [2.45, 2.75) is 40.4 Å². The third-order valence-corrected chi connectivity index (χ3v) is 2.99. The summed E-state index contributed by atoms with van der Waals surface area (Å²) in [6, 6.07) is 0. The molecule has 0 amide bonds. The van der Waals surface area contributed by atoms with Crippen LogP contribution in [-0.4, -0.2) is 15.5 Å². The highest BCUT2D eigenvalue weighted by Crippen LogP contribution is 2.17. The molecular weight excluding hydrogens is 192 g/mol. The number of rotatable bonds is 3. The minimum Gasteiger partial charge on any atom is -0.271 e. The Hall–Kier alpha value is -0.440. The first-order chi connectivity index (χ1) is 6.66. The van der Waals surface area contributed by atoms with Gasteiger partial charge in [0.1, 0.15) is 0 Å². The zero-order chi connectivity index (χ0) is 11.1. The second-order valence-corrected chi connectivity index (χ2v) is 4.19. The van der Waals surface area contributed by atoms with Crippen LogP contribution in [0, 0.1) is 13.8 Å². The summed E-state index contributed by atoms with van der Waals surface area (Å²) in [5, 5.41) is 4.37. The van der Waals surface area contributed by atoms with E-state index < -0.39 is 0 Å². The summed E-state index contributed by atoms with van der Waals surface area (Å²) < 4.78 is 1.99. The van der Waals surface area contributed by atoms with Crippen molar-refractivity contribution in [3.8, 4) is 0 Å². The lowest BCUT2D eigenvalue weighted by Gasteiger charge is -2.01. The lowest BCUT2D eigenvalue weighted by Crippen LogP contribution is -1.97. The van der Waals surface area contributed by atoms with Crippen LogP contribution < -0.4 is 0 Å². The molecule has 0 spiro atoms. The van der Waals surface area contributed by atoms with Gasteiger partial charge in [-0.1, -0.05) is 20.8 Å². The summed E-state index contributed by atoms with van der Waals surface area (Å²) in [5.41, 5.74) is 3.86. The topological polar surface area (TPSA) is 17.8 Å². The Bertz CT molecular complexity index is 266. The molecule has 0 bridgehead atoms. The van der Waals surface area contributed by atoms with Crippen molar-refractivity contribution in [3.63, 3.8) is 0 Å². The molecule has 0 saturated heterocycles. The number of thioether (sulfide) groups is 1. The van der Waals surface area contributed by atoms with Gasteiger partial charge < -0.3 is 0 Å². The average Bonchev–Trinajstić information content (AvgIpc) is 2.43. The molecule has 14 heavy (non-hydrogen) atoms. The standard InChI is InChI=1S/C9H16N2S.C2H6/c1-5-12-6-9-7(2)8(3)10-11(9)4;1-2/h5-6H2,1-4H3;1-2H3. The molecule has 0 radical (unpaired) electrons. The largest absolute Gasteiger partial charge is 0.271 e. The Morgan fingerprint density at radius 3 is 2.21 bits per heavy atom. The highest BCUT2D eigenvalue weighted by atomic mass is 32.2. The monoisotopic (exact) mass is 214 g/mol. The van der Waals surface area contributed by atoms with E-state index in [1.165, 1.54) is 17.0 Å². The highest BCUT2D eigenvalue weighted by molar-refractivity contribution is 7.98. The van der Waals surface area contributed by atoms with Gasteiger partial charge in [-0.25, -0.2) is 0 Å². The molecule has 82 valence electrons. The van der Waals surface area contributed by atoms with Gasteiger partial charge in [-0.3, -0.25) is 4.68 Å². The number of hydrogen-bond donors (Lipinski definition) is 0. The third kappa shape index (κ3) is 3.37. The van der Waals surface area contributed by atoms with Crippen molar-refractivity contribution >= 4 is 11.8 Å². The van der Waals surface area contributed by atoms with E-state index in [4.69, 9.17) is 0 Å². The fourth-order valence-electron chi connectivity index (χ4n) is 1.21. The van der Waals surface area contributed by atoms with Crippen molar-refractivity contribution in [3.05, 3.63) is 17.0 Å². The maximum Gasteiger partial charge on any atom is 0.0625 e. The first kappa shape index (κ1) is 13.6. The van der Waals surface area contributed by atoms with Gasteiger partial charge in [0.15, 0.2) is 0 Å². The summed E-state index contributed by atoms with van der Waals surface area (Å²) in [7, 11) is 2.02. The van der Waals surface area contributed by atoms with Crippen LogP contribution in [0.4, 0.5) is 0 Å². The van der Waals surface area contributed by atoms with Gasteiger partial charge in [-0.05, 0) is 25.2 Å². The van der Waals surface area contributed by atoms with E-state index in [0.29, 0.717) is 0 Å². The van der Waals surface area contributed by atoms with E-state index in [0.717, 1.165) is 11.4 Å². The lowest BCUT2D eigenvalue weighted by atomic mass is 10.2. The molecule has 1 aromatic heterocycles. The van der Waals surface area contributed by atoms with Gasteiger partial charge in [-0.15, -0.1) is 0 Å². The third-order valence-electron chi connectivity index (χ3n) is 2.11. The number of hydrogen-bond acceptors (Lipinski definition) is 2. The van der Waals surface area contributed by atoms with Crippen molar-refractivity contribution in [1.29, 1.82) is 0 Å². The van der Waals surface area contributed by atoms with Crippen LogP contribution in [0.15, 0.2) is 0 Å². The molecule has 0 saturated carbocycles. The van der Waals surface area contributed by atoms with Crippen LogP contribution in [0.25, 0.3) is 0 Å². The number of nitrogens with zero attached hydrogens (tertiary/aromatic N) is 2. The Morgan fingerprint density at radius 2 is 1.86 bits per heavy atom. The summed E-state index contributed by atoms with van der Waals surface area (Å²) in [6.45, 7) is 10.4. The summed E-state index contributed by atoms with van der Waals surface area (Å²) in [5.74, 6) is 2.25. The molecule has 0 unspecified atom stereocenters. The van der Waals surface area contributed by atoms with Crippen molar-refractivity contribution in [2.24, 2.45) is 7.05 Å². The van der Waals surface area contributed by atoms with Gasteiger partial charge in [-0.2, -0.15) is 16.9 Å². The van der Waals surface area contributed by atoms with Crippen molar-refractivity contribution in [2.75, 3.05) is 5.75 Å². The Kier molecular flexibility index (Phi) is 6.71. The van der Waals surface area contributed by atoms with E-state index in [-0.39, 0.29) is 0 Å². The second-order valence-electron chi connectivity index (χ2n) is 2.92. The Morgan fingerprint density at radius 1 is 1.29 bits per heavy atom. The minimum atomic E-state index is 1.08. The SMILES string of the molecule is CC.CCSCc1c(C)c(C)nn1C. The van der Waals surface area contributed by atoms with Crippen LogP contribution in [0.3, 0.4) is 0 Å². The first-order valence-electron chi connectivity index (χ1n) is 5.23. The maximum atomic E-state index is 4.37.